The third kappa shape index (κ3) is 4.61. The van der Waals surface area contributed by atoms with Crippen molar-refractivity contribution in [3.63, 3.8) is 0 Å². The van der Waals surface area contributed by atoms with Crippen molar-refractivity contribution in [3.05, 3.63) is 48.0 Å². The Hall–Kier alpha value is -2.43. The number of rotatable bonds is 4. The number of hydrazone groups is 1. The van der Waals surface area contributed by atoms with Gasteiger partial charge in [0.1, 0.15) is 0 Å². The van der Waals surface area contributed by atoms with Crippen molar-refractivity contribution in [2.75, 3.05) is 6.54 Å². The first kappa shape index (κ1) is 13.6. The van der Waals surface area contributed by atoms with E-state index in [1.807, 2.05) is 31.2 Å². The minimum absolute atomic E-state index is 0.244. The number of hydrogen-bond donors (Lipinski definition) is 2. The van der Waals surface area contributed by atoms with Gasteiger partial charge in [0.05, 0.1) is 6.21 Å². The fraction of sp³-hybridized carbons (Fsp3) is 0.154. The molecule has 0 atom stereocenters. The molecule has 0 saturated heterocycles. The van der Waals surface area contributed by atoms with Gasteiger partial charge in [0, 0.05) is 6.54 Å². The minimum Gasteiger partial charge on any atom is -0.344 e. The van der Waals surface area contributed by atoms with Crippen LogP contribution in [0, 0.1) is 6.92 Å². The van der Waals surface area contributed by atoms with Crippen molar-refractivity contribution in [3.8, 4) is 0 Å². The number of nitrogens with zero attached hydrogens (tertiary/aromatic N) is 1. The summed E-state index contributed by atoms with van der Waals surface area (Å²) in [6, 6.07) is 7.60. The number of benzene rings is 1. The van der Waals surface area contributed by atoms with Crippen LogP contribution >= 0.6 is 0 Å². The van der Waals surface area contributed by atoms with E-state index in [0.717, 1.165) is 11.1 Å². The van der Waals surface area contributed by atoms with Gasteiger partial charge >= 0.3 is 11.8 Å². The highest BCUT2D eigenvalue weighted by Crippen LogP contribution is 2.00. The zero-order valence-corrected chi connectivity index (χ0v) is 10.1. The average Bonchev–Trinajstić information content (AvgIpc) is 2.35. The molecule has 0 spiro atoms. The van der Waals surface area contributed by atoms with Crippen molar-refractivity contribution >= 4 is 18.0 Å². The molecule has 0 aliphatic carbocycles. The number of nitrogens with one attached hydrogen (secondary N) is 2. The van der Waals surface area contributed by atoms with Crippen LogP contribution in [0.25, 0.3) is 0 Å². The van der Waals surface area contributed by atoms with Crippen LogP contribution < -0.4 is 10.7 Å². The lowest BCUT2D eigenvalue weighted by Gasteiger charge is -2.00. The van der Waals surface area contributed by atoms with Crippen LogP contribution in [0.15, 0.2) is 42.0 Å². The molecular weight excluding hydrogens is 230 g/mol. The lowest BCUT2D eigenvalue weighted by atomic mass is 10.2. The van der Waals surface area contributed by atoms with Gasteiger partial charge in [-0.05, 0) is 12.5 Å². The van der Waals surface area contributed by atoms with Crippen molar-refractivity contribution < 1.29 is 9.59 Å². The lowest BCUT2D eigenvalue weighted by molar-refractivity contribution is -0.139. The lowest BCUT2D eigenvalue weighted by Crippen LogP contribution is -2.37. The molecule has 0 aliphatic rings. The maximum atomic E-state index is 11.2. The Morgan fingerprint density at radius 2 is 2.17 bits per heavy atom. The summed E-state index contributed by atoms with van der Waals surface area (Å²) < 4.78 is 0. The smallest absolute Gasteiger partial charge is 0.329 e. The Balaban J connectivity index is 2.47. The van der Waals surface area contributed by atoms with Gasteiger partial charge < -0.3 is 5.32 Å². The van der Waals surface area contributed by atoms with Crippen LogP contribution in [0.5, 0.6) is 0 Å². The highest BCUT2D eigenvalue weighted by atomic mass is 16.2. The van der Waals surface area contributed by atoms with Gasteiger partial charge in [-0.15, -0.1) is 6.58 Å². The molecule has 18 heavy (non-hydrogen) atoms. The van der Waals surface area contributed by atoms with Gasteiger partial charge in [-0.2, -0.15) is 5.10 Å². The highest BCUT2D eigenvalue weighted by molar-refractivity contribution is 6.35. The Morgan fingerprint density at radius 1 is 1.39 bits per heavy atom. The fourth-order valence-electron chi connectivity index (χ4n) is 1.21. The van der Waals surface area contributed by atoms with Crippen LogP contribution in [0.4, 0.5) is 0 Å². The van der Waals surface area contributed by atoms with Gasteiger partial charge in [-0.3, -0.25) is 9.59 Å². The molecule has 5 heteroatoms. The molecule has 5 nitrogen and oxygen atoms in total. The van der Waals surface area contributed by atoms with Crippen molar-refractivity contribution in [1.82, 2.24) is 10.7 Å². The first-order chi connectivity index (χ1) is 8.63. The highest BCUT2D eigenvalue weighted by Gasteiger charge is 2.10. The first-order valence-corrected chi connectivity index (χ1v) is 5.42. The van der Waals surface area contributed by atoms with Gasteiger partial charge in [-0.25, -0.2) is 5.43 Å². The van der Waals surface area contributed by atoms with Gasteiger partial charge in [0.15, 0.2) is 0 Å². The number of carbonyl (C=O) groups is 2. The number of aryl methyl sites for hydroxylation is 1. The molecule has 0 fully saturated rings. The van der Waals surface area contributed by atoms with Crippen molar-refractivity contribution in [2.24, 2.45) is 5.10 Å². The van der Waals surface area contributed by atoms with E-state index in [4.69, 9.17) is 0 Å². The molecule has 0 radical (unpaired) electrons. The molecule has 0 saturated carbocycles. The molecule has 94 valence electrons. The van der Waals surface area contributed by atoms with Gasteiger partial charge in [0.2, 0.25) is 0 Å². The summed E-state index contributed by atoms with van der Waals surface area (Å²) in [5.74, 6) is -1.54. The van der Waals surface area contributed by atoms with E-state index in [2.05, 4.69) is 22.4 Å². The third-order valence-electron chi connectivity index (χ3n) is 2.04. The van der Waals surface area contributed by atoms with E-state index in [9.17, 15) is 9.59 Å². The van der Waals surface area contributed by atoms with Crippen LogP contribution in [-0.4, -0.2) is 24.6 Å². The summed E-state index contributed by atoms with van der Waals surface area (Å²) in [5, 5.41) is 6.05. The van der Waals surface area contributed by atoms with Crippen molar-refractivity contribution in [1.29, 1.82) is 0 Å². The van der Waals surface area contributed by atoms with Crippen LogP contribution in [0.2, 0.25) is 0 Å². The Bertz CT molecular complexity index is 481. The molecule has 1 aromatic rings. The fourth-order valence-corrected chi connectivity index (χ4v) is 1.21. The molecule has 0 aliphatic heterocycles. The number of amides is 2. The minimum atomic E-state index is -0.805. The van der Waals surface area contributed by atoms with Crippen molar-refractivity contribution in [2.45, 2.75) is 6.92 Å². The Labute approximate surface area is 106 Å². The summed E-state index contributed by atoms with van der Waals surface area (Å²) in [5.41, 5.74) is 4.08. The maximum Gasteiger partial charge on any atom is 0.329 e. The van der Waals surface area contributed by atoms with Gasteiger partial charge in [-0.1, -0.05) is 35.9 Å². The van der Waals surface area contributed by atoms with E-state index < -0.39 is 11.8 Å². The topological polar surface area (TPSA) is 70.6 Å². The van der Waals surface area contributed by atoms with E-state index in [1.165, 1.54) is 12.3 Å². The van der Waals surface area contributed by atoms with E-state index in [0.29, 0.717) is 0 Å². The molecule has 0 heterocycles. The monoisotopic (exact) mass is 245 g/mol. The van der Waals surface area contributed by atoms with E-state index in [1.54, 1.807) is 0 Å². The predicted molar refractivity (Wildman–Crippen MR) is 70.1 cm³/mol. The second-order valence-electron chi connectivity index (χ2n) is 3.61. The zero-order chi connectivity index (χ0) is 13.4. The summed E-state index contributed by atoms with van der Waals surface area (Å²) in [6.45, 7) is 5.63. The SMILES string of the molecule is C=CCNC(=O)C(=O)N/N=C/c1cccc(C)c1. The molecule has 1 rings (SSSR count). The second-order valence-corrected chi connectivity index (χ2v) is 3.61. The summed E-state index contributed by atoms with van der Waals surface area (Å²) in [7, 11) is 0. The summed E-state index contributed by atoms with van der Waals surface area (Å²) >= 11 is 0. The van der Waals surface area contributed by atoms with Crippen LogP contribution in [0.3, 0.4) is 0 Å². The predicted octanol–water partition coefficient (Wildman–Crippen LogP) is 0.747. The molecule has 2 amide bonds. The zero-order valence-electron chi connectivity index (χ0n) is 10.1. The van der Waals surface area contributed by atoms with E-state index in [-0.39, 0.29) is 6.54 Å². The first-order valence-electron chi connectivity index (χ1n) is 5.42. The average molecular weight is 245 g/mol. The number of hydrogen-bond acceptors (Lipinski definition) is 3. The second kappa shape index (κ2) is 7.01. The number of carbonyl (C=O) groups excluding carboxylic acids is 2. The standard InChI is InChI=1S/C13H15N3O2/c1-3-7-14-12(17)13(18)16-15-9-11-6-4-5-10(2)8-11/h3-6,8-9H,1,7H2,2H3,(H,14,17)(H,16,18)/b15-9+. The van der Waals surface area contributed by atoms with Crippen LogP contribution in [0.1, 0.15) is 11.1 Å². The molecule has 1 aromatic carbocycles. The normalized spacial score (nSPS) is 10.1. The largest absolute Gasteiger partial charge is 0.344 e. The maximum absolute atomic E-state index is 11.2. The quantitative estimate of drug-likeness (QED) is 0.355. The Morgan fingerprint density at radius 3 is 2.83 bits per heavy atom. The molecular formula is C13H15N3O2. The summed E-state index contributed by atoms with van der Waals surface area (Å²) in [4.78, 5) is 22.4. The van der Waals surface area contributed by atoms with Crippen LogP contribution in [-0.2, 0) is 9.59 Å². The third-order valence-corrected chi connectivity index (χ3v) is 2.04. The van der Waals surface area contributed by atoms with E-state index >= 15 is 0 Å². The molecule has 0 aromatic heterocycles. The molecule has 2 N–H and O–H groups in total. The molecule has 0 bridgehead atoms. The van der Waals surface area contributed by atoms with Gasteiger partial charge in [0.25, 0.3) is 0 Å². The summed E-state index contributed by atoms with van der Waals surface area (Å²) in [6.07, 6.45) is 2.97. The molecule has 0 unspecified atom stereocenters. The Kier molecular flexibility index (Phi) is 5.31.